The predicted octanol–water partition coefficient (Wildman–Crippen LogP) is 0.838. The monoisotopic (exact) mass is 290 g/mol. The Morgan fingerprint density at radius 3 is 2.50 bits per heavy atom. The third kappa shape index (κ3) is 8.71. The molecule has 0 aromatic carbocycles. The molecule has 3 N–H and O–H groups in total. The van der Waals surface area contributed by atoms with Crippen LogP contribution in [-0.4, -0.2) is 56.6 Å². The molecule has 0 aliphatic rings. The third-order valence-corrected chi connectivity index (χ3v) is 2.95. The summed E-state index contributed by atoms with van der Waals surface area (Å²) in [6.07, 6.45) is 1.35. The second-order valence-electron chi connectivity index (χ2n) is 4.56. The lowest BCUT2D eigenvalue weighted by molar-refractivity contribution is -0.140. The maximum atomic E-state index is 11.6. The number of urea groups is 1. The van der Waals surface area contributed by atoms with Crippen LogP contribution in [0.5, 0.6) is 0 Å². The SMILES string of the molecule is CCC(C)[C@H](NC(=O)NCCCOCCOC)C(=O)O. The number of rotatable bonds is 11. The highest BCUT2D eigenvalue weighted by Crippen LogP contribution is 2.07. The van der Waals surface area contributed by atoms with Crippen LogP contribution in [0.2, 0.25) is 0 Å². The molecule has 0 heterocycles. The predicted molar refractivity (Wildman–Crippen MR) is 74.7 cm³/mol. The minimum absolute atomic E-state index is 0.115. The molecule has 0 aromatic heterocycles. The van der Waals surface area contributed by atoms with E-state index in [9.17, 15) is 9.59 Å². The molecule has 0 saturated heterocycles. The number of hydrogen-bond donors (Lipinski definition) is 3. The van der Waals surface area contributed by atoms with Gasteiger partial charge in [-0.25, -0.2) is 9.59 Å². The number of aliphatic carboxylic acids is 1. The van der Waals surface area contributed by atoms with E-state index in [1.807, 2.05) is 6.92 Å². The number of carbonyl (C=O) groups excluding carboxylic acids is 1. The molecule has 0 spiro atoms. The summed E-state index contributed by atoms with van der Waals surface area (Å²) >= 11 is 0. The minimum atomic E-state index is -1.02. The Bertz CT molecular complexity index is 286. The van der Waals surface area contributed by atoms with Crippen LogP contribution in [0.25, 0.3) is 0 Å². The van der Waals surface area contributed by atoms with Crippen molar-refractivity contribution in [2.24, 2.45) is 5.92 Å². The molecule has 0 fully saturated rings. The zero-order valence-corrected chi connectivity index (χ0v) is 12.5. The van der Waals surface area contributed by atoms with E-state index in [2.05, 4.69) is 10.6 Å². The summed E-state index contributed by atoms with van der Waals surface area (Å²) in [5.41, 5.74) is 0. The number of nitrogens with one attached hydrogen (secondary N) is 2. The van der Waals surface area contributed by atoms with Crippen molar-refractivity contribution in [1.29, 1.82) is 0 Å². The quantitative estimate of drug-likeness (QED) is 0.490. The second-order valence-corrected chi connectivity index (χ2v) is 4.56. The number of carboxylic acids is 1. The summed E-state index contributed by atoms with van der Waals surface area (Å²) in [5.74, 6) is -1.13. The van der Waals surface area contributed by atoms with E-state index >= 15 is 0 Å². The lowest BCUT2D eigenvalue weighted by Gasteiger charge is -2.20. The average molecular weight is 290 g/mol. The molecule has 2 amide bonds. The van der Waals surface area contributed by atoms with E-state index in [1.165, 1.54) is 0 Å². The van der Waals surface area contributed by atoms with E-state index in [0.717, 1.165) is 0 Å². The lowest BCUT2D eigenvalue weighted by Crippen LogP contribution is -2.49. The van der Waals surface area contributed by atoms with Crippen LogP contribution in [0.4, 0.5) is 4.79 Å². The van der Waals surface area contributed by atoms with Gasteiger partial charge >= 0.3 is 12.0 Å². The van der Waals surface area contributed by atoms with E-state index in [-0.39, 0.29) is 5.92 Å². The van der Waals surface area contributed by atoms with Crippen molar-refractivity contribution in [3.8, 4) is 0 Å². The van der Waals surface area contributed by atoms with Crippen LogP contribution in [0.3, 0.4) is 0 Å². The fraction of sp³-hybridized carbons (Fsp3) is 0.846. The van der Waals surface area contributed by atoms with Gasteiger partial charge in [0.15, 0.2) is 0 Å². The van der Waals surface area contributed by atoms with E-state index in [4.69, 9.17) is 14.6 Å². The van der Waals surface area contributed by atoms with E-state index < -0.39 is 18.0 Å². The number of ether oxygens (including phenoxy) is 2. The highest BCUT2D eigenvalue weighted by Gasteiger charge is 2.24. The number of carbonyl (C=O) groups is 2. The highest BCUT2D eigenvalue weighted by atomic mass is 16.5. The maximum absolute atomic E-state index is 11.6. The van der Waals surface area contributed by atoms with Gasteiger partial charge in [-0.2, -0.15) is 0 Å². The second kappa shape index (κ2) is 11.5. The molecule has 0 saturated carbocycles. The standard InChI is InChI=1S/C13H26N2O5/c1-4-10(2)11(12(16)17)15-13(18)14-6-5-7-20-9-8-19-3/h10-11H,4-9H2,1-3H3,(H,16,17)(H2,14,15,18)/t10?,11-/m0/s1. The van der Waals surface area contributed by atoms with Gasteiger partial charge in [-0.1, -0.05) is 20.3 Å². The minimum Gasteiger partial charge on any atom is -0.480 e. The van der Waals surface area contributed by atoms with Gasteiger partial charge in [-0.15, -0.1) is 0 Å². The Morgan fingerprint density at radius 2 is 1.95 bits per heavy atom. The largest absolute Gasteiger partial charge is 0.480 e. The van der Waals surface area contributed by atoms with Crippen LogP contribution >= 0.6 is 0 Å². The molecule has 0 bridgehead atoms. The van der Waals surface area contributed by atoms with Gasteiger partial charge in [0, 0.05) is 20.3 Å². The molecule has 7 nitrogen and oxygen atoms in total. The molecule has 0 aliphatic carbocycles. The van der Waals surface area contributed by atoms with Crippen molar-refractivity contribution in [3.05, 3.63) is 0 Å². The fourth-order valence-corrected chi connectivity index (χ4v) is 1.50. The van der Waals surface area contributed by atoms with Crippen LogP contribution in [-0.2, 0) is 14.3 Å². The Labute approximate surface area is 120 Å². The Kier molecular flexibility index (Phi) is 10.7. The normalized spacial score (nSPS) is 13.6. The first-order valence-electron chi connectivity index (χ1n) is 6.86. The van der Waals surface area contributed by atoms with Gasteiger partial charge < -0.3 is 25.2 Å². The third-order valence-electron chi connectivity index (χ3n) is 2.95. The first-order valence-corrected chi connectivity index (χ1v) is 6.86. The summed E-state index contributed by atoms with van der Waals surface area (Å²) < 4.78 is 10.1. The Hall–Kier alpha value is -1.34. The van der Waals surface area contributed by atoms with Gasteiger partial charge in [-0.05, 0) is 12.3 Å². The number of carboxylic acid groups (broad SMARTS) is 1. The average Bonchev–Trinajstić information content (AvgIpc) is 2.42. The zero-order valence-electron chi connectivity index (χ0n) is 12.5. The molecule has 7 heteroatoms. The number of amides is 2. The van der Waals surface area contributed by atoms with Crippen LogP contribution in [0.15, 0.2) is 0 Å². The van der Waals surface area contributed by atoms with Gasteiger partial charge in [0.2, 0.25) is 0 Å². The van der Waals surface area contributed by atoms with Crippen LogP contribution in [0, 0.1) is 5.92 Å². The first kappa shape index (κ1) is 18.7. The van der Waals surface area contributed by atoms with Gasteiger partial charge in [0.25, 0.3) is 0 Å². The topological polar surface area (TPSA) is 96.9 Å². The smallest absolute Gasteiger partial charge is 0.326 e. The molecule has 118 valence electrons. The summed E-state index contributed by atoms with van der Waals surface area (Å²) in [6.45, 7) is 5.71. The molecule has 0 aromatic rings. The molecular weight excluding hydrogens is 264 g/mol. The lowest BCUT2D eigenvalue weighted by atomic mass is 9.99. The molecule has 0 aliphatic heterocycles. The molecule has 2 atom stereocenters. The van der Waals surface area contributed by atoms with E-state index in [1.54, 1.807) is 14.0 Å². The summed E-state index contributed by atoms with van der Waals surface area (Å²) in [5, 5.41) is 14.1. The molecule has 1 unspecified atom stereocenters. The summed E-state index contributed by atoms with van der Waals surface area (Å²) in [4.78, 5) is 22.6. The zero-order chi connectivity index (χ0) is 15.4. The summed E-state index contributed by atoms with van der Waals surface area (Å²) in [6, 6.07) is -1.33. The molecule has 0 radical (unpaired) electrons. The maximum Gasteiger partial charge on any atom is 0.326 e. The van der Waals surface area contributed by atoms with Crippen molar-refractivity contribution in [2.45, 2.75) is 32.7 Å². The number of methoxy groups -OCH3 is 1. The molecule has 20 heavy (non-hydrogen) atoms. The number of hydrogen-bond acceptors (Lipinski definition) is 4. The first-order chi connectivity index (χ1) is 9.52. The van der Waals surface area contributed by atoms with Crippen molar-refractivity contribution in [2.75, 3.05) is 33.5 Å². The van der Waals surface area contributed by atoms with Crippen LogP contribution in [0.1, 0.15) is 26.7 Å². The van der Waals surface area contributed by atoms with Gasteiger partial charge in [0.05, 0.1) is 13.2 Å². The fourth-order valence-electron chi connectivity index (χ4n) is 1.50. The van der Waals surface area contributed by atoms with Crippen LogP contribution < -0.4 is 10.6 Å². The van der Waals surface area contributed by atoms with Crippen molar-refractivity contribution < 1.29 is 24.2 Å². The van der Waals surface area contributed by atoms with Crippen molar-refractivity contribution >= 4 is 12.0 Å². The van der Waals surface area contributed by atoms with E-state index in [0.29, 0.717) is 39.2 Å². The Balaban J connectivity index is 3.78. The van der Waals surface area contributed by atoms with Crippen molar-refractivity contribution in [1.82, 2.24) is 10.6 Å². The van der Waals surface area contributed by atoms with Gasteiger partial charge in [-0.3, -0.25) is 0 Å². The summed E-state index contributed by atoms with van der Waals surface area (Å²) in [7, 11) is 1.60. The van der Waals surface area contributed by atoms with Gasteiger partial charge in [0.1, 0.15) is 6.04 Å². The van der Waals surface area contributed by atoms with Crippen molar-refractivity contribution in [3.63, 3.8) is 0 Å². The molecule has 0 rings (SSSR count). The highest BCUT2D eigenvalue weighted by molar-refractivity contribution is 5.82. The Morgan fingerprint density at radius 1 is 1.25 bits per heavy atom. The molecular formula is C13H26N2O5.